The lowest BCUT2D eigenvalue weighted by atomic mass is 10.1. The van der Waals surface area contributed by atoms with Crippen molar-refractivity contribution < 1.29 is 4.74 Å². The largest absolute Gasteiger partial charge is 0.385 e. The van der Waals surface area contributed by atoms with E-state index in [-0.39, 0.29) is 0 Å². The summed E-state index contributed by atoms with van der Waals surface area (Å²) in [5, 5.41) is 6.85. The maximum absolute atomic E-state index is 5.06. The van der Waals surface area contributed by atoms with Gasteiger partial charge in [0.25, 0.3) is 0 Å². The molecule has 0 aliphatic rings. The maximum Gasteiger partial charge on any atom is 0.0969 e. The first kappa shape index (κ1) is 13.6. The summed E-state index contributed by atoms with van der Waals surface area (Å²) < 4.78 is 5.06. The first-order valence-corrected chi connectivity index (χ1v) is 6.65. The third-order valence-corrected chi connectivity index (χ3v) is 3.78. The number of aryl methyl sites for hydroxylation is 1. The van der Waals surface area contributed by atoms with Crippen LogP contribution in [0.15, 0.2) is 5.38 Å². The lowest BCUT2D eigenvalue weighted by Gasteiger charge is -2.16. The van der Waals surface area contributed by atoms with Crippen LogP contribution in [0.5, 0.6) is 0 Å². The van der Waals surface area contributed by atoms with E-state index in [2.05, 4.69) is 29.5 Å². The van der Waals surface area contributed by atoms with Gasteiger partial charge < -0.3 is 10.1 Å². The van der Waals surface area contributed by atoms with Crippen LogP contribution in [0.2, 0.25) is 0 Å². The number of methoxy groups -OCH3 is 1. The quantitative estimate of drug-likeness (QED) is 0.798. The van der Waals surface area contributed by atoms with Crippen LogP contribution in [0.3, 0.4) is 0 Å². The predicted molar refractivity (Wildman–Crippen MR) is 69.2 cm³/mol. The highest BCUT2D eigenvalue weighted by Gasteiger charge is 2.10. The van der Waals surface area contributed by atoms with E-state index in [0.717, 1.165) is 25.3 Å². The molecule has 0 fully saturated rings. The van der Waals surface area contributed by atoms with E-state index in [1.54, 1.807) is 18.4 Å². The van der Waals surface area contributed by atoms with E-state index in [4.69, 9.17) is 4.74 Å². The Hall–Kier alpha value is -0.450. The minimum Gasteiger partial charge on any atom is -0.385 e. The average molecular weight is 242 g/mol. The van der Waals surface area contributed by atoms with Gasteiger partial charge in [0.2, 0.25) is 0 Å². The van der Waals surface area contributed by atoms with Crippen molar-refractivity contribution in [2.75, 3.05) is 20.3 Å². The Kier molecular flexibility index (Phi) is 5.95. The third-order valence-electron chi connectivity index (χ3n) is 2.59. The molecule has 0 aliphatic heterocycles. The van der Waals surface area contributed by atoms with E-state index >= 15 is 0 Å². The molecule has 2 atom stereocenters. The highest BCUT2D eigenvalue weighted by atomic mass is 32.1. The van der Waals surface area contributed by atoms with Crippen LogP contribution in [0.1, 0.15) is 36.9 Å². The first-order chi connectivity index (χ1) is 7.63. The molecule has 3 nitrogen and oxygen atoms in total. The van der Waals surface area contributed by atoms with Gasteiger partial charge in [-0.05, 0) is 20.3 Å². The third kappa shape index (κ3) is 4.60. The Morgan fingerprint density at radius 1 is 1.50 bits per heavy atom. The SMILES string of the molecule is COCCC(C)NCC(C)c1nc(C)cs1. The van der Waals surface area contributed by atoms with Crippen molar-refractivity contribution in [1.82, 2.24) is 10.3 Å². The summed E-state index contributed by atoms with van der Waals surface area (Å²) >= 11 is 1.75. The summed E-state index contributed by atoms with van der Waals surface area (Å²) in [6, 6.07) is 0.503. The van der Waals surface area contributed by atoms with Crippen molar-refractivity contribution in [3.05, 3.63) is 16.1 Å². The fourth-order valence-corrected chi connectivity index (χ4v) is 2.32. The van der Waals surface area contributed by atoms with Crippen LogP contribution in [-0.2, 0) is 4.74 Å². The molecule has 0 amide bonds. The van der Waals surface area contributed by atoms with E-state index < -0.39 is 0 Å². The molecule has 1 rings (SSSR count). The zero-order chi connectivity index (χ0) is 12.0. The molecule has 1 heterocycles. The second-order valence-electron chi connectivity index (χ2n) is 4.32. The smallest absolute Gasteiger partial charge is 0.0969 e. The number of ether oxygens (including phenoxy) is 1. The molecule has 1 aromatic rings. The molecule has 0 bridgehead atoms. The van der Waals surface area contributed by atoms with Gasteiger partial charge in [-0.15, -0.1) is 11.3 Å². The van der Waals surface area contributed by atoms with Crippen LogP contribution in [-0.4, -0.2) is 31.3 Å². The highest BCUT2D eigenvalue weighted by molar-refractivity contribution is 7.09. The second-order valence-corrected chi connectivity index (χ2v) is 5.21. The lowest BCUT2D eigenvalue weighted by Crippen LogP contribution is -2.30. The number of nitrogens with zero attached hydrogens (tertiary/aromatic N) is 1. The molecule has 2 unspecified atom stereocenters. The normalized spacial score (nSPS) is 15.0. The predicted octanol–water partition coefficient (Wildman–Crippen LogP) is 2.57. The number of hydrogen-bond acceptors (Lipinski definition) is 4. The molecule has 92 valence electrons. The van der Waals surface area contributed by atoms with Crippen molar-refractivity contribution in [2.24, 2.45) is 0 Å². The standard InChI is InChI=1S/C12H22N2OS/c1-9(12-14-11(3)8-16-12)7-13-10(2)5-6-15-4/h8-10,13H,5-7H2,1-4H3. The zero-order valence-corrected chi connectivity index (χ0v) is 11.4. The highest BCUT2D eigenvalue weighted by Crippen LogP contribution is 2.18. The first-order valence-electron chi connectivity index (χ1n) is 5.77. The molecule has 0 saturated heterocycles. The molecule has 0 saturated carbocycles. The monoisotopic (exact) mass is 242 g/mol. The van der Waals surface area contributed by atoms with Gasteiger partial charge in [-0.25, -0.2) is 4.98 Å². The van der Waals surface area contributed by atoms with Crippen molar-refractivity contribution in [2.45, 2.75) is 39.2 Å². The van der Waals surface area contributed by atoms with Gasteiger partial charge >= 0.3 is 0 Å². The number of rotatable bonds is 7. The Labute approximate surface area is 102 Å². The molecule has 0 spiro atoms. The van der Waals surface area contributed by atoms with Crippen molar-refractivity contribution in [3.8, 4) is 0 Å². The molecule has 0 radical (unpaired) electrons. The molecule has 1 aromatic heterocycles. The van der Waals surface area contributed by atoms with Gasteiger partial charge in [0.15, 0.2) is 0 Å². The molecule has 1 N–H and O–H groups in total. The minimum atomic E-state index is 0.490. The summed E-state index contributed by atoms with van der Waals surface area (Å²) in [6.45, 7) is 8.26. The number of hydrogen-bond donors (Lipinski definition) is 1. The topological polar surface area (TPSA) is 34.1 Å². The zero-order valence-electron chi connectivity index (χ0n) is 10.6. The van der Waals surface area contributed by atoms with E-state index in [9.17, 15) is 0 Å². The van der Waals surface area contributed by atoms with Crippen LogP contribution < -0.4 is 5.32 Å². The second kappa shape index (κ2) is 6.99. The van der Waals surface area contributed by atoms with Gasteiger partial charge in [0.05, 0.1) is 5.01 Å². The van der Waals surface area contributed by atoms with E-state index in [1.807, 2.05) is 6.92 Å². The summed E-state index contributed by atoms with van der Waals surface area (Å²) in [6.07, 6.45) is 1.06. The molecule has 0 aromatic carbocycles. The van der Waals surface area contributed by atoms with Crippen molar-refractivity contribution >= 4 is 11.3 Å². The minimum absolute atomic E-state index is 0.490. The molecule has 0 aliphatic carbocycles. The summed E-state index contributed by atoms with van der Waals surface area (Å²) in [7, 11) is 1.74. The van der Waals surface area contributed by atoms with Gasteiger partial charge in [0.1, 0.15) is 0 Å². The van der Waals surface area contributed by atoms with Crippen LogP contribution in [0.25, 0.3) is 0 Å². The summed E-state index contributed by atoms with van der Waals surface area (Å²) in [4.78, 5) is 4.50. The Morgan fingerprint density at radius 3 is 2.81 bits per heavy atom. The molecular weight excluding hydrogens is 220 g/mol. The summed E-state index contributed by atoms with van der Waals surface area (Å²) in [5.74, 6) is 0.490. The number of nitrogens with one attached hydrogen (secondary N) is 1. The van der Waals surface area contributed by atoms with Crippen LogP contribution >= 0.6 is 11.3 Å². The van der Waals surface area contributed by atoms with Gasteiger partial charge in [-0.1, -0.05) is 6.92 Å². The van der Waals surface area contributed by atoms with Crippen LogP contribution in [0, 0.1) is 6.92 Å². The summed E-state index contributed by atoms with van der Waals surface area (Å²) in [5.41, 5.74) is 1.12. The maximum atomic E-state index is 5.06. The van der Waals surface area contributed by atoms with Gasteiger partial charge in [-0.2, -0.15) is 0 Å². The van der Waals surface area contributed by atoms with E-state index in [0.29, 0.717) is 12.0 Å². The van der Waals surface area contributed by atoms with Crippen molar-refractivity contribution in [3.63, 3.8) is 0 Å². The van der Waals surface area contributed by atoms with Crippen molar-refractivity contribution in [1.29, 1.82) is 0 Å². The molecule has 16 heavy (non-hydrogen) atoms. The molecule has 4 heteroatoms. The van der Waals surface area contributed by atoms with E-state index in [1.165, 1.54) is 5.01 Å². The Morgan fingerprint density at radius 2 is 2.25 bits per heavy atom. The average Bonchev–Trinajstić information content (AvgIpc) is 2.69. The van der Waals surface area contributed by atoms with Gasteiger partial charge in [0, 0.05) is 43.3 Å². The Balaban J connectivity index is 2.27. The molecular formula is C12H22N2OS. The fraction of sp³-hybridized carbons (Fsp3) is 0.750. The van der Waals surface area contributed by atoms with Gasteiger partial charge in [-0.3, -0.25) is 0 Å². The Bertz CT molecular complexity index is 301. The fourth-order valence-electron chi connectivity index (χ4n) is 1.46. The number of aromatic nitrogens is 1. The number of thiazole rings is 1. The van der Waals surface area contributed by atoms with Crippen LogP contribution in [0.4, 0.5) is 0 Å². The lowest BCUT2D eigenvalue weighted by molar-refractivity contribution is 0.184.